The van der Waals surface area contributed by atoms with Crippen LogP contribution >= 0.6 is 11.6 Å². The maximum Gasteiger partial charge on any atom is 0.254 e. The molecular weight excluding hydrogens is 392 g/mol. The lowest BCUT2D eigenvalue weighted by Gasteiger charge is -2.09. The number of hydrogen-bond donors (Lipinski definition) is 1. The minimum atomic E-state index is -0.259. The quantitative estimate of drug-likeness (QED) is 0.563. The normalized spacial score (nSPS) is 11.2. The van der Waals surface area contributed by atoms with Gasteiger partial charge in [0.2, 0.25) is 0 Å². The lowest BCUT2D eigenvalue weighted by Crippen LogP contribution is -2.26. The van der Waals surface area contributed by atoms with Crippen LogP contribution in [0.4, 0.5) is 0 Å². The zero-order valence-corrected chi connectivity index (χ0v) is 17.8. The maximum atomic E-state index is 12.5. The number of nitrogens with zero attached hydrogens (tertiary/aromatic N) is 3. The van der Waals surface area contributed by atoms with E-state index >= 15 is 0 Å². The Balaban J connectivity index is 1.82. The van der Waals surface area contributed by atoms with Gasteiger partial charge in [0.1, 0.15) is 5.75 Å². The Labute approximate surface area is 175 Å². The summed E-state index contributed by atoms with van der Waals surface area (Å²) in [5, 5.41) is 8.44. The van der Waals surface area contributed by atoms with Gasteiger partial charge in [0.15, 0.2) is 5.65 Å². The molecule has 1 N–H and O–H groups in total. The van der Waals surface area contributed by atoms with Crippen molar-refractivity contribution in [3.8, 4) is 11.4 Å². The summed E-state index contributed by atoms with van der Waals surface area (Å²) >= 11 is 6.57. The molecule has 1 aromatic carbocycles. The predicted octanol–water partition coefficient (Wildman–Crippen LogP) is 3.94. The molecule has 0 unspecified atom stereocenters. The van der Waals surface area contributed by atoms with E-state index in [0.717, 1.165) is 17.9 Å². The van der Waals surface area contributed by atoms with Crippen molar-refractivity contribution in [3.63, 3.8) is 0 Å². The number of carbonyl (C=O) groups is 1. The molecule has 0 bridgehead atoms. The molecule has 0 aliphatic heterocycles. The highest BCUT2D eigenvalue weighted by Crippen LogP contribution is 2.30. The zero-order chi connectivity index (χ0) is 21.0. The molecule has 0 atom stereocenters. The van der Waals surface area contributed by atoms with Gasteiger partial charge in [-0.3, -0.25) is 4.79 Å². The predicted molar refractivity (Wildman–Crippen MR) is 113 cm³/mol. The average Bonchev–Trinajstić information content (AvgIpc) is 3.05. The second kappa shape index (κ2) is 9.24. The molecule has 0 saturated heterocycles. The van der Waals surface area contributed by atoms with Gasteiger partial charge in [0.05, 0.1) is 40.6 Å². The Morgan fingerprint density at radius 1 is 1.28 bits per heavy atom. The highest BCUT2D eigenvalue weighted by molar-refractivity contribution is 6.38. The van der Waals surface area contributed by atoms with E-state index in [4.69, 9.17) is 21.1 Å². The van der Waals surface area contributed by atoms with Crippen LogP contribution in [-0.2, 0) is 4.74 Å². The summed E-state index contributed by atoms with van der Waals surface area (Å²) in [6.45, 7) is 6.91. The fraction of sp³-hybridized carbons (Fsp3) is 0.381. The lowest BCUT2D eigenvalue weighted by atomic mass is 10.2. The molecule has 0 spiro atoms. The number of fused-ring (bicyclic) bond motifs is 1. The number of ether oxygens (including phenoxy) is 2. The van der Waals surface area contributed by atoms with Crippen molar-refractivity contribution in [1.29, 1.82) is 0 Å². The minimum absolute atomic E-state index is 0.178. The Bertz CT molecular complexity index is 999. The zero-order valence-electron chi connectivity index (χ0n) is 17.0. The Morgan fingerprint density at radius 2 is 2.00 bits per heavy atom. The van der Waals surface area contributed by atoms with Crippen molar-refractivity contribution in [2.24, 2.45) is 0 Å². The third-order valence-electron chi connectivity index (χ3n) is 4.43. The van der Waals surface area contributed by atoms with E-state index in [-0.39, 0.29) is 12.0 Å². The number of pyridine rings is 1. The molecule has 3 aromatic rings. The third-order valence-corrected chi connectivity index (χ3v) is 4.82. The lowest BCUT2D eigenvalue weighted by molar-refractivity contribution is 0.0757. The van der Waals surface area contributed by atoms with Crippen LogP contribution in [-0.4, -0.2) is 47.0 Å². The van der Waals surface area contributed by atoms with Gasteiger partial charge in [-0.25, -0.2) is 9.67 Å². The molecule has 0 saturated carbocycles. The largest absolute Gasteiger partial charge is 0.497 e. The second-order valence-corrected chi connectivity index (χ2v) is 7.29. The number of methoxy groups -OCH3 is 1. The molecule has 29 heavy (non-hydrogen) atoms. The van der Waals surface area contributed by atoms with Crippen molar-refractivity contribution >= 4 is 28.5 Å². The van der Waals surface area contributed by atoms with Gasteiger partial charge in [-0.05, 0) is 51.5 Å². The summed E-state index contributed by atoms with van der Waals surface area (Å²) in [5.74, 6) is 0.497. The van der Waals surface area contributed by atoms with Crippen LogP contribution < -0.4 is 10.1 Å². The molecule has 2 heterocycles. The summed E-state index contributed by atoms with van der Waals surface area (Å²) in [7, 11) is 1.62. The molecule has 7 nitrogen and oxygen atoms in total. The summed E-state index contributed by atoms with van der Waals surface area (Å²) in [4.78, 5) is 17.0. The first-order valence-corrected chi connectivity index (χ1v) is 9.88. The number of benzene rings is 1. The summed E-state index contributed by atoms with van der Waals surface area (Å²) in [6.07, 6.45) is 2.40. The second-order valence-electron chi connectivity index (χ2n) is 6.91. The number of nitrogens with one attached hydrogen (secondary N) is 1. The number of carbonyl (C=O) groups excluding carboxylic acids is 1. The van der Waals surface area contributed by atoms with Crippen LogP contribution in [0.3, 0.4) is 0 Å². The van der Waals surface area contributed by atoms with E-state index in [1.807, 2.05) is 45.0 Å². The van der Waals surface area contributed by atoms with E-state index in [9.17, 15) is 4.79 Å². The van der Waals surface area contributed by atoms with Crippen molar-refractivity contribution < 1.29 is 14.3 Å². The number of rotatable bonds is 8. The van der Waals surface area contributed by atoms with E-state index in [2.05, 4.69) is 15.4 Å². The molecule has 0 aliphatic rings. The van der Waals surface area contributed by atoms with E-state index in [0.29, 0.717) is 40.5 Å². The molecule has 0 radical (unpaired) electrons. The highest BCUT2D eigenvalue weighted by atomic mass is 35.5. The van der Waals surface area contributed by atoms with E-state index < -0.39 is 0 Å². The molecule has 0 aliphatic carbocycles. The SMILES string of the molecule is COc1ccc(-n2nc(C)c3c(Cl)c(C(=O)NCCCOC(C)C)cnc32)cc1. The topological polar surface area (TPSA) is 78.3 Å². The van der Waals surface area contributed by atoms with Crippen LogP contribution in [0.2, 0.25) is 5.02 Å². The molecule has 3 rings (SSSR count). The van der Waals surface area contributed by atoms with E-state index in [1.54, 1.807) is 11.8 Å². The summed E-state index contributed by atoms with van der Waals surface area (Å²) < 4.78 is 12.4. The van der Waals surface area contributed by atoms with Gasteiger partial charge in [0, 0.05) is 19.3 Å². The van der Waals surface area contributed by atoms with Gasteiger partial charge in [-0.1, -0.05) is 11.6 Å². The van der Waals surface area contributed by atoms with Gasteiger partial charge < -0.3 is 14.8 Å². The van der Waals surface area contributed by atoms with Crippen molar-refractivity contribution in [1.82, 2.24) is 20.1 Å². The number of halogens is 1. The van der Waals surface area contributed by atoms with Crippen molar-refractivity contribution in [2.45, 2.75) is 33.3 Å². The maximum absolute atomic E-state index is 12.5. The molecule has 1 amide bonds. The van der Waals surface area contributed by atoms with Gasteiger partial charge in [-0.2, -0.15) is 5.10 Å². The number of amides is 1. The Kier molecular flexibility index (Phi) is 6.71. The van der Waals surface area contributed by atoms with Crippen molar-refractivity contribution in [2.75, 3.05) is 20.3 Å². The first kappa shape index (κ1) is 21.1. The molecule has 154 valence electrons. The highest BCUT2D eigenvalue weighted by Gasteiger charge is 2.19. The fourth-order valence-electron chi connectivity index (χ4n) is 2.96. The third kappa shape index (κ3) is 4.68. The minimum Gasteiger partial charge on any atom is -0.497 e. The van der Waals surface area contributed by atoms with Crippen LogP contribution in [0, 0.1) is 6.92 Å². The number of aryl methyl sites for hydroxylation is 1. The van der Waals surface area contributed by atoms with Crippen LogP contribution in [0.15, 0.2) is 30.5 Å². The van der Waals surface area contributed by atoms with Gasteiger partial charge in [-0.15, -0.1) is 0 Å². The smallest absolute Gasteiger partial charge is 0.254 e. The summed E-state index contributed by atoms with van der Waals surface area (Å²) in [6, 6.07) is 7.48. The molecular formula is C21H25ClN4O3. The van der Waals surface area contributed by atoms with E-state index in [1.165, 1.54) is 6.20 Å². The number of hydrogen-bond acceptors (Lipinski definition) is 5. The Hall–Kier alpha value is -2.64. The van der Waals surface area contributed by atoms with Crippen LogP contribution in [0.25, 0.3) is 16.7 Å². The monoisotopic (exact) mass is 416 g/mol. The standard InChI is InChI=1S/C21H25ClN4O3/c1-13(2)29-11-5-10-23-21(27)17-12-24-20-18(19(17)22)14(3)25-26(20)15-6-8-16(28-4)9-7-15/h6-9,12-13H,5,10-11H2,1-4H3,(H,23,27). The van der Waals surface area contributed by atoms with Crippen LogP contribution in [0.5, 0.6) is 5.75 Å². The first-order valence-electron chi connectivity index (χ1n) is 9.50. The van der Waals surface area contributed by atoms with Crippen molar-refractivity contribution in [3.05, 3.63) is 46.7 Å². The summed E-state index contributed by atoms with van der Waals surface area (Å²) in [5.41, 5.74) is 2.46. The molecule has 0 fully saturated rings. The average molecular weight is 417 g/mol. The fourth-order valence-corrected chi connectivity index (χ4v) is 3.31. The molecule has 2 aromatic heterocycles. The van der Waals surface area contributed by atoms with Gasteiger partial charge in [0.25, 0.3) is 5.91 Å². The Morgan fingerprint density at radius 3 is 2.66 bits per heavy atom. The van der Waals surface area contributed by atoms with Crippen LogP contribution in [0.1, 0.15) is 36.3 Å². The van der Waals surface area contributed by atoms with Gasteiger partial charge >= 0.3 is 0 Å². The number of aromatic nitrogens is 3. The first-order chi connectivity index (χ1) is 13.9. The molecule has 8 heteroatoms.